The second-order valence-corrected chi connectivity index (χ2v) is 6.24. The number of anilines is 1. The number of ether oxygens (including phenoxy) is 1. The van der Waals surface area contributed by atoms with E-state index in [2.05, 4.69) is 19.2 Å². The molecule has 1 atom stereocenters. The van der Waals surface area contributed by atoms with Gasteiger partial charge in [0, 0.05) is 18.2 Å². The van der Waals surface area contributed by atoms with Gasteiger partial charge in [0.15, 0.2) is 0 Å². The van der Waals surface area contributed by atoms with Gasteiger partial charge in [0.25, 0.3) is 5.69 Å². The van der Waals surface area contributed by atoms with E-state index in [1.165, 1.54) is 12.5 Å². The van der Waals surface area contributed by atoms with Gasteiger partial charge in [-0.25, -0.2) is 0 Å². The van der Waals surface area contributed by atoms with E-state index in [0.29, 0.717) is 16.9 Å². The van der Waals surface area contributed by atoms with Crippen LogP contribution in [0.3, 0.4) is 0 Å². The summed E-state index contributed by atoms with van der Waals surface area (Å²) >= 11 is 0. The third-order valence-electron chi connectivity index (χ3n) is 3.97. The molecule has 5 heteroatoms. The van der Waals surface area contributed by atoms with Gasteiger partial charge in [0.05, 0.1) is 12.0 Å². The first-order valence-electron chi connectivity index (χ1n) is 7.00. The molecule has 0 aliphatic heterocycles. The summed E-state index contributed by atoms with van der Waals surface area (Å²) in [5, 5.41) is 14.5. The van der Waals surface area contributed by atoms with Gasteiger partial charge in [-0.15, -0.1) is 0 Å². The molecule has 2 rings (SSSR count). The number of benzene rings is 1. The van der Waals surface area contributed by atoms with Crippen LogP contribution >= 0.6 is 0 Å². The van der Waals surface area contributed by atoms with E-state index in [-0.39, 0.29) is 16.7 Å². The summed E-state index contributed by atoms with van der Waals surface area (Å²) in [6, 6.07) is 5.10. The SMILES string of the molecule is COc1ccc([N+](=O)[O-])c(NC2CCCC(C)(C)C2)c1. The molecular formula is C15H22N2O3. The van der Waals surface area contributed by atoms with Crippen molar-refractivity contribution in [3.63, 3.8) is 0 Å². The van der Waals surface area contributed by atoms with E-state index in [0.717, 1.165) is 19.3 Å². The fourth-order valence-electron chi connectivity index (χ4n) is 2.96. The Balaban J connectivity index is 2.20. The average molecular weight is 278 g/mol. The van der Waals surface area contributed by atoms with Crippen LogP contribution < -0.4 is 10.1 Å². The zero-order valence-electron chi connectivity index (χ0n) is 12.3. The molecule has 1 aliphatic carbocycles. The summed E-state index contributed by atoms with van der Waals surface area (Å²) < 4.78 is 5.16. The summed E-state index contributed by atoms with van der Waals surface area (Å²) in [6.45, 7) is 4.50. The van der Waals surface area contributed by atoms with Gasteiger partial charge in [-0.2, -0.15) is 0 Å². The minimum Gasteiger partial charge on any atom is -0.497 e. The van der Waals surface area contributed by atoms with Crippen molar-refractivity contribution in [2.75, 3.05) is 12.4 Å². The zero-order chi connectivity index (χ0) is 14.8. The molecule has 1 fully saturated rings. The summed E-state index contributed by atoms with van der Waals surface area (Å²) in [5.74, 6) is 0.633. The minimum atomic E-state index is -0.351. The standard InChI is InChI=1S/C15H22N2O3/c1-15(2)8-4-5-11(10-15)16-13-9-12(20-3)6-7-14(13)17(18)19/h6-7,9,11,16H,4-5,8,10H2,1-3H3. The molecule has 5 nitrogen and oxygen atoms in total. The molecule has 1 aromatic carbocycles. The van der Waals surface area contributed by atoms with Crippen LogP contribution in [0.5, 0.6) is 5.75 Å². The Bertz CT molecular complexity index is 500. The molecule has 1 N–H and O–H groups in total. The number of nitrogens with zero attached hydrogens (tertiary/aromatic N) is 1. The molecule has 1 saturated carbocycles. The van der Waals surface area contributed by atoms with Crippen molar-refractivity contribution in [2.24, 2.45) is 5.41 Å². The lowest BCUT2D eigenvalue weighted by molar-refractivity contribution is -0.384. The first kappa shape index (κ1) is 14.6. The molecule has 20 heavy (non-hydrogen) atoms. The third-order valence-corrected chi connectivity index (χ3v) is 3.97. The maximum atomic E-state index is 11.1. The smallest absolute Gasteiger partial charge is 0.292 e. The van der Waals surface area contributed by atoms with Crippen molar-refractivity contribution in [1.29, 1.82) is 0 Å². The second-order valence-electron chi connectivity index (χ2n) is 6.24. The van der Waals surface area contributed by atoms with Crippen LogP contribution in [0, 0.1) is 15.5 Å². The van der Waals surface area contributed by atoms with Crippen molar-refractivity contribution in [3.8, 4) is 5.75 Å². The Morgan fingerprint density at radius 1 is 1.45 bits per heavy atom. The van der Waals surface area contributed by atoms with E-state index in [1.54, 1.807) is 19.2 Å². The lowest BCUT2D eigenvalue weighted by Gasteiger charge is -2.35. The molecule has 0 radical (unpaired) electrons. The Morgan fingerprint density at radius 2 is 2.20 bits per heavy atom. The highest BCUT2D eigenvalue weighted by molar-refractivity contribution is 5.64. The highest BCUT2D eigenvalue weighted by atomic mass is 16.6. The maximum Gasteiger partial charge on any atom is 0.292 e. The largest absolute Gasteiger partial charge is 0.497 e. The fraction of sp³-hybridized carbons (Fsp3) is 0.600. The number of nitrogens with one attached hydrogen (secondary N) is 1. The number of rotatable bonds is 4. The van der Waals surface area contributed by atoms with Gasteiger partial charge < -0.3 is 10.1 Å². The molecule has 0 amide bonds. The van der Waals surface area contributed by atoms with Gasteiger partial charge >= 0.3 is 0 Å². The van der Waals surface area contributed by atoms with Gasteiger partial charge in [-0.1, -0.05) is 20.3 Å². The summed E-state index contributed by atoms with van der Waals surface area (Å²) in [6.07, 6.45) is 4.45. The predicted octanol–water partition coefficient (Wildman–Crippen LogP) is 3.98. The van der Waals surface area contributed by atoms with Crippen LogP contribution in [0.4, 0.5) is 11.4 Å². The summed E-state index contributed by atoms with van der Waals surface area (Å²) in [5.41, 5.74) is 0.954. The molecule has 1 unspecified atom stereocenters. The monoisotopic (exact) mass is 278 g/mol. The van der Waals surface area contributed by atoms with Crippen molar-refractivity contribution in [2.45, 2.75) is 45.6 Å². The predicted molar refractivity (Wildman–Crippen MR) is 79.3 cm³/mol. The molecule has 0 spiro atoms. The molecule has 0 bridgehead atoms. The molecule has 0 heterocycles. The average Bonchev–Trinajstić information content (AvgIpc) is 2.37. The number of nitro benzene ring substituents is 1. The molecular weight excluding hydrogens is 256 g/mol. The lowest BCUT2D eigenvalue weighted by atomic mass is 9.75. The van der Waals surface area contributed by atoms with E-state index < -0.39 is 0 Å². The molecule has 1 aromatic rings. The molecule has 110 valence electrons. The Labute approximate surface area is 119 Å². The van der Waals surface area contributed by atoms with E-state index >= 15 is 0 Å². The summed E-state index contributed by atoms with van der Waals surface area (Å²) in [7, 11) is 1.56. The van der Waals surface area contributed by atoms with Crippen molar-refractivity contribution >= 4 is 11.4 Å². The lowest BCUT2D eigenvalue weighted by Crippen LogP contribution is -2.31. The van der Waals surface area contributed by atoms with Crippen LogP contribution in [-0.2, 0) is 0 Å². The number of hydrogen-bond donors (Lipinski definition) is 1. The normalized spacial score (nSPS) is 21.2. The quantitative estimate of drug-likeness (QED) is 0.668. The third kappa shape index (κ3) is 3.40. The van der Waals surface area contributed by atoms with Crippen molar-refractivity contribution in [3.05, 3.63) is 28.3 Å². The van der Waals surface area contributed by atoms with Gasteiger partial charge in [0.1, 0.15) is 11.4 Å². The van der Waals surface area contributed by atoms with E-state index in [9.17, 15) is 10.1 Å². The van der Waals surface area contributed by atoms with Crippen LogP contribution in [0.2, 0.25) is 0 Å². The van der Waals surface area contributed by atoms with Gasteiger partial charge in [0.2, 0.25) is 0 Å². The minimum absolute atomic E-state index is 0.106. The van der Waals surface area contributed by atoms with Crippen LogP contribution in [0.15, 0.2) is 18.2 Å². The van der Waals surface area contributed by atoms with Crippen molar-refractivity contribution in [1.82, 2.24) is 0 Å². The van der Waals surface area contributed by atoms with Gasteiger partial charge in [-0.05, 0) is 30.7 Å². The Hall–Kier alpha value is -1.78. The molecule has 1 aliphatic rings. The fourth-order valence-corrected chi connectivity index (χ4v) is 2.96. The maximum absolute atomic E-state index is 11.1. The highest BCUT2D eigenvalue weighted by Crippen LogP contribution is 2.38. The summed E-state index contributed by atoms with van der Waals surface area (Å²) in [4.78, 5) is 10.8. The van der Waals surface area contributed by atoms with E-state index in [1.807, 2.05) is 0 Å². The topological polar surface area (TPSA) is 64.4 Å². The number of nitro groups is 1. The Morgan fingerprint density at radius 3 is 2.80 bits per heavy atom. The van der Waals surface area contributed by atoms with Crippen LogP contribution in [0.25, 0.3) is 0 Å². The van der Waals surface area contributed by atoms with Crippen molar-refractivity contribution < 1.29 is 9.66 Å². The first-order chi connectivity index (χ1) is 9.41. The van der Waals surface area contributed by atoms with Crippen LogP contribution in [-0.4, -0.2) is 18.1 Å². The zero-order valence-corrected chi connectivity index (χ0v) is 12.3. The van der Waals surface area contributed by atoms with Gasteiger partial charge in [-0.3, -0.25) is 10.1 Å². The number of methoxy groups -OCH3 is 1. The number of hydrogen-bond acceptors (Lipinski definition) is 4. The second kappa shape index (κ2) is 5.69. The van der Waals surface area contributed by atoms with E-state index in [4.69, 9.17) is 4.74 Å². The Kier molecular flexibility index (Phi) is 4.16. The van der Waals surface area contributed by atoms with Crippen LogP contribution in [0.1, 0.15) is 39.5 Å². The molecule has 0 aromatic heterocycles. The molecule has 0 saturated heterocycles. The highest BCUT2D eigenvalue weighted by Gasteiger charge is 2.29. The first-order valence-corrected chi connectivity index (χ1v) is 7.00.